The predicted molar refractivity (Wildman–Crippen MR) is 119 cm³/mol. The van der Waals surface area contributed by atoms with Crippen molar-refractivity contribution in [3.05, 3.63) is 65.9 Å². The average Bonchev–Trinajstić information content (AvgIpc) is 3.34. The van der Waals surface area contributed by atoms with Crippen molar-refractivity contribution in [2.24, 2.45) is 17.3 Å². The molecule has 35 heavy (non-hydrogen) atoms. The zero-order valence-corrected chi connectivity index (χ0v) is 18.9. The maximum absolute atomic E-state index is 14.4. The third-order valence-corrected chi connectivity index (χ3v) is 7.66. The van der Waals surface area contributed by atoms with Crippen molar-refractivity contribution in [2.45, 2.75) is 38.4 Å². The first-order valence-electron chi connectivity index (χ1n) is 11.4. The SMILES string of the molecule is CC1C(Nc2ccc(C(F)(F)F)cn2)CC12CCC2CNC(=O)c1cccc(F)c1-n1nccn1. The van der Waals surface area contributed by atoms with E-state index in [0.29, 0.717) is 12.4 Å². The molecule has 2 fully saturated rings. The molecule has 2 saturated carbocycles. The van der Waals surface area contributed by atoms with Gasteiger partial charge in [0.1, 0.15) is 11.5 Å². The number of amides is 1. The summed E-state index contributed by atoms with van der Waals surface area (Å²) in [6, 6.07) is 6.74. The maximum atomic E-state index is 14.4. The van der Waals surface area contributed by atoms with E-state index in [1.807, 2.05) is 0 Å². The number of anilines is 1. The number of halogens is 4. The summed E-state index contributed by atoms with van der Waals surface area (Å²) < 4.78 is 52.7. The Bertz CT molecular complexity index is 1210. The van der Waals surface area contributed by atoms with Gasteiger partial charge in [-0.1, -0.05) is 13.0 Å². The van der Waals surface area contributed by atoms with Crippen LogP contribution in [0.15, 0.2) is 48.9 Å². The van der Waals surface area contributed by atoms with Crippen LogP contribution in [-0.4, -0.2) is 38.5 Å². The van der Waals surface area contributed by atoms with Gasteiger partial charge in [0, 0.05) is 18.8 Å². The maximum Gasteiger partial charge on any atom is 0.417 e. The van der Waals surface area contributed by atoms with E-state index in [1.165, 1.54) is 36.7 Å². The molecule has 4 unspecified atom stereocenters. The molecular formula is C24H24F4N6O. The van der Waals surface area contributed by atoms with E-state index >= 15 is 0 Å². The van der Waals surface area contributed by atoms with Crippen LogP contribution in [0, 0.1) is 23.1 Å². The molecule has 4 atom stereocenters. The third kappa shape index (κ3) is 4.12. The summed E-state index contributed by atoms with van der Waals surface area (Å²) in [5.74, 6) is -0.0401. The van der Waals surface area contributed by atoms with Gasteiger partial charge in [-0.05, 0) is 60.8 Å². The molecule has 0 saturated heterocycles. The first-order chi connectivity index (χ1) is 16.7. The van der Waals surface area contributed by atoms with Gasteiger partial charge in [-0.2, -0.15) is 23.4 Å². The fourth-order valence-electron chi connectivity index (χ4n) is 5.46. The van der Waals surface area contributed by atoms with Crippen molar-refractivity contribution in [2.75, 3.05) is 11.9 Å². The van der Waals surface area contributed by atoms with E-state index in [4.69, 9.17) is 0 Å². The zero-order chi connectivity index (χ0) is 24.8. The Morgan fingerprint density at radius 2 is 1.97 bits per heavy atom. The molecule has 2 aromatic heterocycles. The van der Waals surface area contributed by atoms with Crippen LogP contribution in [0.25, 0.3) is 5.69 Å². The molecule has 1 spiro atoms. The normalized spacial score (nSPS) is 25.6. The number of rotatable bonds is 6. The Morgan fingerprint density at radius 3 is 2.57 bits per heavy atom. The summed E-state index contributed by atoms with van der Waals surface area (Å²) in [6.07, 6.45) is 2.08. The van der Waals surface area contributed by atoms with Gasteiger partial charge >= 0.3 is 6.18 Å². The molecule has 2 aliphatic rings. The number of hydrogen-bond donors (Lipinski definition) is 2. The van der Waals surface area contributed by atoms with Crippen LogP contribution in [0.2, 0.25) is 0 Å². The minimum absolute atomic E-state index is 0.00337. The number of nitrogens with one attached hydrogen (secondary N) is 2. The largest absolute Gasteiger partial charge is 0.417 e. The van der Waals surface area contributed by atoms with Gasteiger partial charge < -0.3 is 10.6 Å². The van der Waals surface area contributed by atoms with Gasteiger partial charge in [-0.3, -0.25) is 4.79 Å². The van der Waals surface area contributed by atoms with Crippen LogP contribution in [0.5, 0.6) is 0 Å². The van der Waals surface area contributed by atoms with E-state index in [1.54, 1.807) is 0 Å². The highest BCUT2D eigenvalue weighted by Gasteiger charge is 2.60. The van der Waals surface area contributed by atoms with Crippen LogP contribution < -0.4 is 10.6 Å². The molecule has 1 amide bonds. The predicted octanol–water partition coefficient (Wildman–Crippen LogP) is 4.47. The number of benzene rings is 1. The Morgan fingerprint density at radius 1 is 1.20 bits per heavy atom. The Balaban J connectivity index is 1.20. The quantitative estimate of drug-likeness (QED) is 0.501. The van der Waals surface area contributed by atoms with Gasteiger partial charge in [0.2, 0.25) is 0 Å². The summed E-state index contributed by atoms with van der Waals surface area (Å²) in [4.78, 5) is 17.9. The van der Waals surface area contributed by atoms with Crippen molar-refractivity contribution >= 4 is 11.7 Å². The molecule has 0 aliphatic heterocycles. The van der Waals surface area contributed by atoms with Crippen molar-refractivity contribution < 1.29 is 22.4 Å². The lowest BCUT2D eigenvalue weighted by Gasteiger charge is -2.64. The lowest BCUT2D eigenvalue weighted by Crippen LogP contribution is -2.63. The van der Waals surface area contributed by atoms with Gasteiger partial charge in [0.25, 0.3) is 5.91 Å². The van der Waals surface area contributed by atoms with Crippen LogP contribution in [0.1, 0.15) is 42.1 Å². The van der Waals surface area contributed by atoms with Crippen LogP contribution in [0.3, 0.4) is 0 Å². The number of pyridine rings is 1. The lowest BCUT2D eigenvalue weighted by molar-refractivity contribution is -0.137. The van der Waals surface area contributed by atoms with Crippen molar-refractivity contribution in [1.29, 1.82) is 0 Å². The minimum atomic E-state index is -4.41. The molecule has 3 aromatic rings. The highest BCUT2D eigenvalue weighted by Crippen LogP contribution is 2.63. The Hall–Kier alpha value is -3.50. The van der Waals surface area contributed by atoms with Gasteiger partial charge in [0.05, 0.1) is 23.5 Å². The third-order valence-electron chi connectivity index (χ3n) is 7.66. The molecule has 2 N–H and O–H groups in total. The monoisotopic (exact) mass is 488 g/mol. The average molecular weight is 488 g/mol. The highest BCUT2D eigenvalue weighted by molar-refractivity contribution is 5.97. The van der Waals surface area contributed by atoms with Gasteiger partial charge in [-0.25, -0.2) is 9.37 Å². The van der Waals surface area contributed by atoms with E-state index in [2.05, 4.69) is 32.7 Å². The number of aromatic nitrogens is 4. The summed E-state index contributed by atoms with van der Waals surface area (Å²) in [5.41, 5.74) is -0.556. The number of carbonyl (C=O) groups is 1. The smallest absolute Gasteiger partial charge is 0.367 e. The molecule has 5 rings (SSSR count). The van der Waals surface area contributed by atoms with Gasteiger partial charge in [-0.15, -0.1) is 4.80 Å². The van der Waals surface area contributed by atoms with Crippen molar-refractivity contribution in [3.63, 3.8) is 0 Å². The molecule has 0 bridgehead atoms. The van der Waals surface area contributed by atoms with Crippen molar-refractivity contribution in [1.82, 2.24) is 25.3 Å². The summed E-state index contributed by atoms with van der Waals surface area (Å²) in [6.45, 7) is 2.57. The van der Waals surface area contributed by atoms with Crippen molar-refractivity contribution in [3.8, 4) is 5.69 Å². The topological polar surface area (TPSA) is 84.7 Å². The second kappa shape index (κ2) is 8.62. The molecule has 184 valence electrons. The van der Waals surface area contributed by atoms with E-state index in [-0.39, 0.29) is 34.5 Å². The van der Waals surface area contributed by atoms with Crippen LogP contribution in [-0.2, 0) is 6.18 Å². The molecule has 1 aromatic carbocycles. The second-order valence-electron chi connectivity index (χ2n) is 9.31. The standard InChI is InChI=1S/C24H24F4N6O/c1-14-19(33-20-6-5-16(13-29-20)24(26,27)28)11-23(14)8-7-15(23)12-30-22(35)17-3-2-4-18(25)21(17)34-31-9-10-32-34/h2-6,9-10,13-15,19H,7-8,11-12H2,1H3,(H,29,33)(H,30,35). The number of hydrogen-bond acceptors (Lipinski definition) is 5. The Kier molecular flexibility index (Phi) is 5.72. The number of alkyl halides is 3. The first kappa shape index (κ1) is 23.3. The molecule has 2 aliphatic carbocycles. The zero-order valence-electron chi connectivity index (χ0n) is 18.9. The summed E-state index contributed by atoms with van der Waals surface area (Å²) in [7, 11) is 0. The summed E-state index contributed by atoms with van der Waals surface area (Å²) in [5, 5.41) is 14.1. The van der Waals surface area contributed by atoms with Gasteiger partial charge in [0.15, 0.2) is 5.82 Å². The lowest BCUT2D eigenvalue weighted by atomic mass is 9.43. The van der Waals surface area contributed by atoms with Crippen LogP contribution >= 0.6 is 0 Å². The fourth-order valence-corrected chi connectivity index (χ4v) is 5.46. The molecule has 7 nitrogen and oxygen atoms in total. The number of nitrogens with zero attached hydrogens (tertiary/aromatic N) is 4. The summed E-state index contributed by atoms with van der Waals surface area (Å²) >= 11 is 0. The first-order valence-corrected chi connectivity index (χ1v) is 11.4. The molecular weight excluding hydrogens is 464 g/mol. The number of para-hydroxylation sites is 1. The highest BCUT2D eigenvalue weighted by atomic mass is 19.4. The number of carbonyl (C=O) groups excluding carboxylic acids is 1. The fraction of sp³-hybridized carbons (Fsp3) is 0.417. The van der Waals surface area contributed by atoms with E-state index < -0.39 is 23.5 Å². The molecule has 11 heteroatoms. The molecule has 0 radical (unpaired) electrons. The Labute approximate surface area is 198 Å². The second-order valence-corrected chi connectivity index (χ2v) is 9.31. The minimum Gasteiger partial charge on any atom is -0.367 e. The molecule has 2 heterocycles. The van der Waals surface area contributed by atoms with Crippen LogP contribution in [0.4, 0.5) is 23.4 Å². The van der Waals surface area contributed by atoms with E-state index in [9.17, 15) is 22.4 Å². The van der Waals surface area contributed by atoms with E-state index in [0.717, 1.165) is 36.3 Å².